The number of rotatable bonds is 3. The van der Waals surface area contributed by atoms with Crippen molar-refractivity contribution in [2.75, 3.05) is 12.8 Å². The molecule has 2 heterocycles. The number of aromatic nitrogens is 1. The minimum atomic E-state index is -3.18. The van der Waals surface area contributed by atoms with Crippen molar-refractivity contribution in [2.45, 2.75) is 29.7 Å². The summed E-state index contributed by atoms with van der Waals surface area (Å²) in [6.45, 7) is 0.818. The smallest absolute Gasteiger partial charge is 0.280 e. The Labute approximate surface area is 128 Å². The molecule has 1 fully saturated rings. The molecule has 2 atom stereocenters. The number of nitrogens with one attached hydrogen (secondary N) is 2. The van der Waals surface area contributed by atoms with Crippen molar-refractivity contribution < 1.29 is 12.9 Å². The molecule has 0 saturated carbocycles. The molecule has 0 bridgehead atoms. The summed E-state index contributed by atoms with van der Waals surface area (Å²) in [6, 6.07) is 8.55. The van der Waals surface area contributed by atoms with Gasteiger partial charge in [0.15, 0.2) is 9.84 Å². The molecule has 0 amide bonds. The predicted molar refractivity (Wildman–Crippen MR) is 81.6 cm³/mol. The quantitative estimate of drug-likeness (QED) is 0.895. The van der Waals surface area contributed by atoms with Crippen molar-refractivity contribution in [1.82, 2.24) is 10.5 Å². The van der Waals surface area contributed by atoms with Crippen LogP contribution in [-0.2, 0) is 9.84 Å². The molecule has 1 aromatic heterocycles. The predicted octanol–water partition coefficient (Wildman–Crippen LogP) is 1.58. The molecule has 0 unspecified atom stereocenters. The van der Waals surface area contributed by atoms with Crippen LogP contribution in [0.2, 0.25) is 0 Å². The highest BCUT2D eigenvalue weighted by molar-refractivity contribution is 7.90. The number of hydrogen-bond donors (Lipinski definition) is 2. The lowest BCUT2D eigenvalue weighted by molar-refractivity contribution is 0.295. The van der Waals surface area contributed by atoms with Gasteiger partial charge in [-0.1, -0.05) is 12.1 Å². The number of aromatic amines is 1. The highest BCUT2D eigenvalue weighted by atomic mass is 32.2. The summed E-state index contributed by atoms with van der Waals surface area (Å²) in [6.07, 6.45) is 2.91. The molecular weight excluding hydrogens is 304 g/mol. The number of benzene rings is 1. The summed E-state index contributed by atoms with van der Waals surface area (Å²) < 4.78 is 28.2. The van der Waals surface area contributed by atoms with Crippen molar-refractivity contribution >= 4 is 9.84 Å². The van der Waals surface area contributed by atoms with Gasteiger partial charge in [-0.25, -0.2) is 8.42 Å². The van der Waals surface area contributed by atoms with Crippen LogP contribution in [-0.4, -0.2) is 26.4 Å². The first-order chi connectivity index (χ1) is 10.4. The lowest BCUT2D eigenvalue weighted by Gasteiger charge is -2.29. The molecule has 1 aliphatic rings. The molecule has 118 valence electrons. The molecule has 22 heavy (non-hydrogen) atoms. The summed E-state index contributed by atoms with van der Waals surface area (Å²) >= 11 is 0. The fraction of sp³-hybridized carbons (Fsp3) is 0.400. The first-order valence-electron chi connectivity index (χ1n) is 7.15. The second-order valence-corrected chi connectivity index (χ2v) is 7.70. The van der Waals surface area contributed by atoms with Gasteiger partial charge in [-0.2, -0.15) is 5.16 Å². The lowest BCUT2D eigenvalue weighted by Crippen LogP contribution is -2.30. The van der Waals surface area contributed by atoms with Gasteiger partial charge in [0, 0.05) is 24.3 Å². The normalized spacial score (nSPS) is 22.6. The summed E-state index contributed by atoms with van der Waals surface area (Å²) in [5, 5.41) is 5.75. The van der Waals surface area contributed by atoms with Gasteiger partial charge in [-0.3, -0.25) is 4.79 Å². The Hall–Kier alpha value is -1.86. The van der Waals surface area contributed by atoms with E-state index in [1.165, 1.54) is 12.3 Å². The van der Waals surface area contributed by atoms with Crippen LogP contribution >= 0.6 is 0 Å². The van der Waals surface area contributed by atoms with Crippen LogP contribution in [0.1, 0.15) is 36.1 Å². The molecule has 2 aromatic rings. The Morgan fingerprint density at radius 1 is 1.23 bits per heavy atom. The van der Waals surface area contributed by atoms with E-state index in [0.717, 1.165) is 24.9 Å². The lowest BCUT2D eigenvalue weighted by atomic mass is 9.87. The van der Waals surface area contributed by atoms with Gasteiger partial charge in [0.05, 0.1) is 4.90 Å². The minimum absolute atomic E-state index is 0.118. The van der Waals surface area contributed by atoms with Crippen molar-refractivity contribution in [2.24, 2.45) is 0 Å². The molecule has 3 rings (SSSR count). The Kier molecular flexibility index (Phi) is 3.92. The molecule has 0 radical (unpaired) electrons. The fourth-order valence-corrected chi connectivity index (χ4v) is 3.51. The highest BCUT2D eigenvalue weighted by Crippen LogP contribution is 2.33. The molecule has 0 spiro atoms. The van der Waals surface area contributed by atoms with E-state index in [4.69, 9.17) is 4.52 Å². The Morgan fingerprint density at radius 3 is 2.55 bits per heavy atom. The van der Waals surface area contributed by atoms with E-state index in [9.17, 15) is 13.2 Å². The van der Waals surface area contributed by atoms with Crippen LogP contribution in [0.4, 0.5) is 0 Å². The Morgan fingerprint density at radius 2 is 1.95 bits per heavy atom. The van der Waals surface area contributed by atoms with Crippen LogP contribution in [0.3, 0.4) is 0 Å². The van der Waals surface area contributed by atoms with Crippen molar-refractivity contribution in [3.63, 3.8) is 0 Å². The van der Waals surface area contributed by atoms with E-state index in [-0.39, 0.29) is 17.5 Å². The monoisotopic (exact) mass is 322 g/mol. The zero-order valence-electron chi connectivity index (χ0n) is 12.2. The Bertz CT molecular complexity index is 805. The van der Waals surface area contributed by atoms with Crippen LogP contribution in [0.15, 0.2) is 44.5 Å². The third kappa shape index (κ3) is 3.15. The highest BCUT2D eigenvalue weighted by Gasteiger charge is 2.26. The number of piperidine rings is 1. The van der Waals surface area contributed by atoms with Gasteiger partial charge in [0.2, 0.25) is 0 Å². The van der Waals surface area contributed by atoms with E-state index in [1.807, 2.05) is 12.1 Å². The van der Waals surface area contributed by atoms with Gasteiger partial charge in [-0.15, -0.1) is 0 Å². The molecular formula is C15H18N2O4S. The Balaban J connectivity index is 1.78. The van der Waals surface area contributed by atoms with Gasteiger partial charge >= 0.3 is 0 Å². The molecule has 2 N–H and O–H groups in total. The zero-order valence-corrected chi connectivity index (χ0v) is 13.0. The van der Waals surface area contributed by atoms with Crippen LogP contribution in [0, 0.1) is 0 Å². The average molecular weight is 322 g/mol. The molecule has 6 nitrogen and oxygen atoms in total. The number of H-pyrrole nitrogens is 1. The van der Waals surface area contributed by atoms with Gasteiger partial charge in [-0.05, 0) is 37.1 Å². The van der Waals surface area contributed by atoms with E-state index >= 15 is 0 Å². The largest absolute Gasteiger partial charge is 0.383 e. The first kappa shape index (κ1) is 15.1. The molecule has 1 aliphatic heterocycles. The van der Waals surface area contributed by atoms with E-state index in [0.29, 0.717) is 10.7 Å². The van der Waals surface area contributed by atoms with E-state index in [2.05, 4.69) is 10.5 Å². The second kappa shape index (κ2) is 5.73. The van der Waals surface area contributed by atoms with Crippen molar-refractivity contribution in [3.05, 3.63) is 52.0 Å². The third-order valence-electron chi connectivity index (χ3n) is 4.06. The van der Waals surface area contributed by atoms with Crippen LogP contribution in [0.5, 0.6) is 0 Å². The number of sulfone groups is 1. The maximum atomic E-state index is 11.5. The average Bonchev–Trinajstić information content (AvgIpc) is 2.93. The number of hydrogen-bond acceptors (Lipinski definition) is 5. The maximum absolute atomic E-state index is 11.5. The molecule has 1 aromatic carbocycles. The minimum Gasteiger partial charge on any atom is -0.383 e. The van der Waals surface area contributed by atoms with Crippen LogP contribution < -0.4 is 10.9 Å². The summed E-state index contributed by atoms with van der Waals surface area (Å²) in [7, 11) is -3.18. The van der Waals surface area contributed by atoms with Crippen molar-refractivity contribution in [1.29, 1.82) is 0 Å². The maximum Gasteiger partial charge on any atom is 0.280 e. The molecule has 1 saturated heterocycles. The topological polar surface area (TPSA) is 92.2 Å². The molecule has 7 heteroatoms. The molecule has 0 aliphatic carbocycles. The van der Waals surface area contributed by atoms with E-state index in [1.54, 1.807) is 12.1 Å². The zero-order chi connectivity index (χ0) is 15.7. The summed E-state index contributed by atoms with van der Waals surface area (Å²) in [4.78, 5) is 11.5. The standard InChI is InChI=1S/C15H18N2O4S/c1-22(19,20)12-4-2-10(3-5-12)13-8-11(6-7-16-13)14-9-15(18)17-21-14/h2-5,9,11,13,16H,6-8H2,1H3,(H,17,18)/t11-,13+/m0/s1. The second-order valence-electron chi connectivity index (χ2n) is 5.68. The van der Waals surface area contributed by atoms with Gasteiger partial charge in [0.1, 0.15) is 5.76 Å². The van der Waals surface area contributed by atoms with Gasteiger partial charge < -0.3 is 9.84 Å². The third-order valence-corrected chi connectivity index (χ3v) is 5.19. The van der Waals surface area contributed by atoms with Gasteiger partial charge in [0.25, 0.3) is 5.56 Å². The van der Waals surface area contributed by atoms with Crippen molar-refractivity contribution in [3.8, 4) is 0 Å². The summed E-state index contributed by atoms with van der Waals surface area (Å²) in [5.74, 6) is 0.865. The summed E-state index contributed by atoms with van der Waals surface area (Å²) in [5.41, 5.74) is 0.817. The first-order valence-corrected chi connectivity index (χ1v) is 9.04. The SMILES string of the molecule is CS(=O)(=O)c1ccc([C@H]2C[C@@H](c3cc(=O)[nH]o3)CCN2)cc1. The van der Waals surface area contributed by atoms with E-state index < -0.39 is 9.84 Å². The fourth-order valence-electron chi connectivity index (χ4n) is 2.88. The van der Waals surface area contributed by atoms with Crippen LogP contribution in [0.25, 0.3) is 0 Å².